The van der Waals surface area contributed by atoms with Crippen LogP contribution in [0.15, 0.2) is 48.8 Å². The number of pyridine rings is 1. The quantitative estimate of drug-likeness (QED) is 0.512. The van der Waals surface area contributed by atoms with Gasteiger partial charge in [-0.1, -0.05) is 0 Å². The number of fused-ring (bicyclic) bond motifs is 3. The fraction of sp³-hybridized carbons (Fsp3) is 0.273. The number of nitrogens with zero attached hydrogens (tertiary/aromatic N) is 4. The van der Waals surface area contributed by atoms with Crippen molar-refractivity contribution in [3.63, 3.8) is 0 Å². The van der Waals surface area contributed by atoms with Crippen LogP contribution >= 0.6 is 0 Å². The van der Waals surface area contributed by atoms with Crippen LogP contribution in [-0.2, 0) is 10.3 Å². The van der Waals surface area contributed by atoms with Crippen molar-refractivity contribution in [2.45, 2.75) is 37.2 Å². The summed E-state index contributed by atoms with van der Waals surface area (Å²) in [6, 6.07) is 9.89. The second-order valence-electron chi connectivity index (χ2n) is 8.00. The Morgan fingerprint density at radius 2 is 1.93 bits per heavy atom. The van der Waals surface area contributed by atoms with Gasteiger partial charge in [-0.2, -0.15) is 0 Å². The highest BCUT2D eigenvalue weighted by Crippen LogP contribution is 2.49. The number of carbonyl (C=O) groups is 1. The molecular weight excluding hydrogens is 385 g/mol. The van der Waals surface area contributed by atoms with Crippen molar-refractivity contribution in [3.05, 3.63) is 71.6 Å². The first-order valence-electron chi connectivity index (χ1n) is 10.0. The lowest BCUT2D eigenvalue weighted by Crippen LogP contribution is -2.31. The highest BCUT2D eigenvalue weighted by Gasteiger charge is 2.48. The van der Waals surface area contributed by atoms with Crippen LogP contribution in [0, 0.1) is 5.82 Å². The molecule has 8 heteroatoms. The summed E-state index contributed by atoms with van der Waals surface area (Å²) in [7, 11) is 0. The highest BCUT2D eigenvalue weighted by atomic mass is 19.1. The number of aromatic nitrogens is 5. The van der Waals surface area contributed by atoms with Gasteiger partial charge >= 0.3 is 5.97 Å². The standard InChI is InChI=1S/C22H18FN5O2/c23-15-3-1-13(2-4-15)18-11-19-25-20(27-28(19)26-18)14-5-8-22(9-6-14)17-12-24-10-7-16(17)21(29)30-22/h1-4,7,10-12,14H,5-6,8-9H2,(H,25,27)/t14-,22-. The predicted octanol–water partition coefficient (Wildman–Crippen LogP) is 3.98. The van der Waals surface area contributed by atoms with Crippen molar-refractivity contribution < 1.29 is 13.9 Å². The highest BCUT2D eigenvalue weighted by molar-refractivity contribution is 5.94. The van der Waals surface area contributed by atoms with E-state index < -0.39 is 5.60 Å². The molecule has 1 aromatic carbocycles. The molecule has 6 rings (SSSR count). The number of aromatic amines is 1. The molecule has 0 bridgehead atoms. The second-order valence-corrected chi connectivity index (χ2v) is 8.00. The Labute approximate surface area is 170 Å². The van der Waals surface area contributed by atoms with Gasteiger partial charge in [-0.15, -0.1) is 14.8 Å². The number of ether oxygens (including phenoxy) is 1. The van der Waals surface area contributed by atoms with Crippen molar-refractivity contribution in [1.82, 2.24) is 24.8 Å². The van der Waals surface area contributed by atoms with Crippen LogP contribution in [0.5, 0.6) is 0 Å². The Kier molecular flexibility index (Phi) is 3.59. The van der Waals surface area contributed by atoms with Gasteiger partial charge in [0.2, 0.25) is 0 Å². The maximum Gasteiger partial charge on any atom is 0.339 e. The molecule has 7 nitrogen and oxygen atoms in total. The molecule has 1 fully saturated rings. The zero-order chi connectivity index (χ0) is 20.3. The number of hydrogen-bond acceptors (Lipinski definition) is 5. The summed E-state index contributed by atoms with van der Waals surface area (Å²) in [5, 5.41) is 9.14. The van der Waals surface area contributed by atoms with Crippen molar-refractivity contribution >= 4 is 11.6 Å². The molecular formula is C22H18FN5O2. The average molecular weight is 403 g/mol. The minimum atomic E-state index is -0.556. The van der Waals surface area contributed by atoms with Gasteiger partial charge in [-0.25, -0.2) is 9.18 Å². The summed E-state index contributed by atoms with van der Waals surface area (Å²) in [6.07, 6.45) is 6.58. The van der Waals surface area contributed by atoms with E-state index in [-0.39, 0.29) is 17.7 Å². The van der Waals surface area contributed by atoms with Gasteiger partial charge < -0.3 is 9.72 Å². The third-order valence-electron chi connectivity index (χ3n) is 6.29. The molecule has 1 aliphatic heterocycles. The summed E-state index contributed by atoms with van der Waals surface area (Å²) in [5.41, 5.74) is 3.36. The van der Waals surface area contributed by atoms with E-state index in [1.807, 2.05) is 6.07 Å². The zero-order valence-electron chi connectivity index (χ0n) is 16.0. The fourth-order valence-electron chi connectivity index (χ4n) is 4.69. The first kappa shape index (κ1) is 17.3. The van der Waals surface area contributed by atoms with Crippen molar-refractivity contribution in [3.8, 4) is 11.3 Å². The van der Waals surface area contributed by atoms with E-state index in [9.17, 15) is 9.18 Å². The lowest BCUT2D eigenvalue weighted by Gasteiger charge is -2.35. The lowest BCUT2D eigenvalue weighted by atomic mass is 9.75. The molecule has 150 valence electrons. The van der Waals surface area contributed by atoms with Gasteiger partial charge in [0.05, 0.1) is 11.3 Å². The van der Waals surface area contributed by atoms with E-state index in [1.165, 1.54) is 12.1 Å². The second kappa shape index (κ2) is 6.22. The normalized spacial score (nSPS) is 23.1. The summed E-state index contributed by atoms with van der Waals surface area (Å²) in [5.74, 6) is 0.598. The molecule has 3 aromatic heterocycles. The zero-order valence-corrected chi connectivity index (χ0v) is 16.0. The Balaban J connectivity index is 1.23. The Hall–Kier alpha value is -3.55. The number of nitrogens with one attached hydrogen (secondary N) is 1. The maximum atomic E-state index is 13.1. The van der Waals surface area contributed by atoms with Gasteiger partial charge in [-0.05, 0) is 56.0 Å². The molecule has 0 amide bonds. The van der Waals surface area contributed by atoms with Crippen LogP contribution in [0.1, 0.15) is 53.3 Å². The first-order valence-corrected chi connectivity index (χ1v) is 10.0. The summed E-state index contributed by atoms with van der Waals surface area (Å²) in [6.45, 7) is 0. The number of H-pyrrole nitrogens is 1. The fourth-order valence-corrected chi connectivity index (χ4v) is 4.69. The molecule has 4 heterocycles. The minimum Gasteiger partial charge on any atom is -0.450 e. The summed E-state index contributed by atoms with van der Waals surface area (Å²) >= 11 is 0. The van der Waals surface area contributed by atoms with E-state index >= 15 is 0 Å². The topological polar surface area (TPSA) is 85.2 Å². The van der Waals surface area contributed by atoms with Gasteiger partial charge in [0, 0.05) is 35.5 Å². The van der Waals surface area contributed by atoms with E-state index in [0.717, 1.165) is 54.0 Å². The lowest BCUT2D eigenvalue weighted by molar-refractivity contribution is -0.0313. The molecule has 1 N–H and O–H groups in total. The number of benzene rings is 1. The average Bonchev–Trinajstić information content (AvgIpc) is 3.41. The smallest absolute Gasteiger partial charge is 0.339 e. The minimum absolute atomic E-state index is 0.242. The van der Waals surface area contributed by atoms with Crippen LogP contribution in [0.25, 0.3) is 16.9 Å². The molecule has 30 heavy (non-hydrogen) atoms. The Morgan fingerprint density at radius 3 is 2.70 bits per heavy atom. The van der Waals surface area contributed by atoms with E-state index in [4.69, 9.17) is 4.74 Å². The molecule has 0 saturated heterocycles. The van der Waals surface area contributed by atoms with Crippen LogP contribution in [0.3, 0.4) is 0 Å². The molecule has 1 aliphatic carbocycles. The predicted molar refractivity (Wildman–Crippen MR) is 105 cm³/mol. The van der Waals surface area contributed by atoms with Crippen molar-refractivity contribution in [2.24, 2.45) is 0 Å². The number of carbonyl (C=O) groups excluding carboxylic acids is 1. The van der Waals surface area contributed by atoms with Crippen LogP contribution < -0.4 is 0 Å². The van der Waals surface area contributed by atoms with E-state index in [0.29, 0.717) is 5.56 Å². The molecule has 0 unspecified atom stereocenters. The SMILES string of the molecule is O=C1O[C@]2(CC[C@H](c3nn4nc(-c5ccc(F)cc5)cc4[nH]3)CC2)c2cnccc21. The summed E-state index contributed by atoms with van der Waals surface area (Å²) < 4.78 is 20.5. The van der Waals surface area contributed by atoms with Gasteiger partial charge in [0.25, 0.3) is 0 Å². The Bertz CT molecular complexity index is 1240. The number of halogens is 1. The van der Waals surface area contributed by atoms with Crippen molar-refractivity contribution in [2.75, 3.05) is 0 Å². The van der Waals surface area contributed by atoms with Crippen LogP contribution in [-0.4, -0.2) is 30.8 Å². The number of esters is 1. The van der Waals surface area contributed by atoms with Crippen LogP contribution in [0.2, 0.25) is 0 Å². The maximum absolute atomic E-state index is 13.1. The number of rotatable bonds is 2. The molecule has 1 saturated carbocycles. The molecule has 2 aliphatic rings. The molecule has 0 atom stereocenters. The largest absolute Gasteiger partial charge is 0.450 e. The van der Waals surface area contributed by atoms with Gasteiger partial charge in [-0.3, -0.25) is 4.98 Å². The van der Waals surface area contributed by atoms with Gasteiger partial charge in [0.1, 0.15) is 17.2 Å². The van der Waals surface area contributed by atoms with Crippen molar-refractivity contribution in [1.29, 1.82) is 0 Å². The monoisotopic (exact) mass is 403 g/mol. The molecule has 1 spiro atoms. The third kappa shape index (κ3) is 2.56. The van der Waals surface area contributed by atoms with E-state index in [1.54, 1.807) is 35.2 Å². The molecule has 4 aromatic rings. The third-order valence-corrected chi connectivity index (χ3v) is 6.29. The summed E-state index contributed by atoms with van der Waals surface area (Å²) in [4.78, 5) is 19.8. The molecule has 0 radical (unpaired) electrons. The van der Waals surface area contributed by atoms with E-state index in [2.05, 4.69) is 20.2 Å². The first-order chi connectivity index (χ1) is 14.6. The Morgan fingerprint density at radius 1 is 1.13 bits per heavy atom. The van der Waals surface area contributed by atoms with Crippen LogP contribution in [0.4, 0.5) is 4.39 Å². The number of hydrogen-bond donors (Lipinski definition) is 1. The van der Waals surface area contributed by atoms with Gasteiger partial charge in [0.15, 0.2) is 5.65 Å².